The molecule has 0 bridgehead atoms. The van der Waals surface area contributed by atoms with Crippen LogP contribution in [0.3, 0.4) is 0 Å². The molecule has 2 amide bonds. The number of halogens is 2. The molecule has 0 saturated heterocycles. The second kappa shape index (κ2) is 11.7. The first kappa shape index (κ1) is 24.6. The van der Waals surface area contributed by atoms with Crippen molar-refractivity contribution in [2.45, 2.75) is 25.9 Å². The van der Waals surface area contributed by atoms with E-state index in [9.17, 15) is 9.59 Å². The van der Waals surface area contributed by atoms with Crippen LogP contribution in [0.25, 0.3) is 0 Å². The van der Waals surface area contributed by atoms with Crippen LogP contribution in [-0.2, 0) is 16.1 Å². The molecule has 0 aliphatic rings. The van der Waals surface area contributed by atoms with Crippen molar-refractivity contribution in [2.75, 3.05) is 27.9 Å². The first-order valence-electron chi connectivity index (χ1n) is 9.63. The third-order valence-corrected chi connectivity index (χ3v) is 5.26. The summed E-state index contributed by atoms with van der Waals surface area (Å²) >= 11 is 12.3. The summed E-state index contributed by atoms with van der Waals surface area (Å²) in [5.41, 5.74) is 0.671. The van der Waals surface area contributed by atoms with Crippen LogP contribution < -0.4 is 19.5 Å². The van der Waals surface area contributed by atoms with Crippen molar-refractivity contribution in [1.82, 2.24) is 10.2 Å². The van der Waals surface area contributed by atoms with Gasteiger partial charge < -0.3 is 24.4 Å². The van der Waals surface area contributed by atoms with Crippen LogP contribution in [0.2, 0.25) is 10.0 Å². The van der Waals surface area contributed by atoms with Crippen molar-refractivity contribution < 1.29 is 23.8 Å². The number of likely N-dealkylation sites (N-methyl/N-ethyl adjacent to an activating group) is 1. The quantitative estimate of drug-likeness (QED) is 0.571. The van der Waals surface area contributed by atoms with Crippen molar-refractivity contribution in [2.24, 2.45) is 0 Å². The molecule has 0 heterocycles. The highest BCUT2D eigenvalue weighted by atomic mass is 35.5. The van der Waals surface area contributed by atoms with Crippen LogP contribution in [0.5, 0.6) is 17.2 Å². The minimum atomic E-state index is -0.687. The zero-order valence-electron chi connectivity index (χ0n) is 17.9. The Kier molecular flexibility index (Phi) is 9.27. The van der Waals surface area contributed by atoms with Gasteiger partial charge in [0.2, 0.25) is 5.91 Å². The van der Waals surface area contributed by atoms with Crippen LogP contribution >= 0.6 is 23.2 Å². The molecule has 0 aromatic heterocycles. The fourth-order valence-electron chi connectivity index (χ4n) is 3.01. The van der Waals surface area contributed by atoms with Gasteiger partial charge in [0, 0.05) is 41.8 Å². The van der Waals surface area contributed by atoms with Gasteiger partial charge in [0.15, 0.2) is 6.61 Å². The molecule has 0 aliphatic carbocycles. The summed E-state index contributed by atoms with van der Waals surface area (Å²) in [7, 11) is 4.58. The van der Waals surface area contributed by atoms with Gasteiger partial charge in [-0.2, -0.15) is 0 Å². The standard InChI is InChI=1S/C22H26Cl2N2O5/c1-5-20(22(28)25-2)26(12-14-6-7-15(23)8-19(14)24)21(27)13-31-18-10-16(29-3)9-17(11-18)30-4/h6-11,20H,5,12-13H2,1-4H3,(H,25,28)/t20-/m0/s1. The van der Waals surface area contributed by atoms with E-state index in [4.69, 9.17) is 37.4 Å². The maximum atomic E-state index is 13.1. The predicted octanol–water partition coefficient (Wildman–Crippen LogP) is 3.94. The first-order chi connectivity index (χ1) is 14.8. The Balaban J connectivity index is 2.26. The molecule has 2 aromatic carbocycles. The highest BCUT2D eigenvalue weighted by Crippen LogP contribution is 2.28. The number of rotatable bonds is 10. The van der Waals surface area contributed by atoms with Gasteiger partial charge in [0.05, 0.1) is 14.2 Å². The smallest absolute Gasteiger partial charge is 0.261 e. The van der Waals surface area contributed by atoms with Gasteiger partial charge >= 0.3 is 0 Å². The van der Waals surface area contributed by atoms with E-state index in [1.54, 1.807) is 36.4 Å². The third-order valence-electron chi connectivity index (χ3n) is 4.68. The van der Waals surface area contributed by atoms with E-state index < -0.39 is 6.04 Å². The number of hydrogen-bond acceptors (Lipinski definition) is 5. The fourth-order valence-corrected chi connectivity index (χ4v) is 3.48. The van der Waals surface area contributed by atoms with E-state index in [0.717, 1.165) is 0 Å². The Bertz CT molecular complexity index is 901. The highest BCUT2D eigenvalue weighted by Gasteiger charge is 2.29. The minimum absolute atomic E-state index is 0.131. The summed E-state index contributed by atoms with van der Waals surface area (Å²) in [5, 5.41) is 3.50. The second-order valence-corrected chi connectivity index (χ2v) is 7.48. The molecule has 0 aliphatic heterocycles. The van der Waals surface area contributed by atoms with E-state index in [1.807, 2.05) is 6.92 Å². The maximum absolute atomic E-state index is 13.1. The van der Waals surface area contributed by atoms with Crippen LogP contribution in [0.1, 0.15) is 18.9 Å². The lowest BCUT2D eigenvalue weighted by molar-refractivity contribution is -0.142. The molecule has 31 heavy (non-hydrogen) atoms. The Morgan fingerprint density at radius 2 is 1.65 bits per heavy atom. The predicted molar refractivity (Wildman–Crippen MR) is 120 cm³/mol. The number of carbonyl (C=O) groups excluding carboxylic acids is 2. The molecule has 1 N–H and O–H groups in total. The van der Waals surface area contributed by atoms with Crippen molar-refractivity contribution in [3.8, 4) is 17.2 Å². The number of ether oxygens (including phenoxy) is 3. The molecule has 2 rings (SSSR count). The zero-order valence-corrected chi connectivity index (χ0v) is 19.4. The Hall–Kier alpha value is -2.64. The van der Waals surface area contributed by atoms with Gasteiger partial charge in [0.25, 0.3) is 5.91 Å². The maximum Gasteiger partial charge on any atom is 0.261 e. The lowest BCUT2D eigenvalue weighted by Crippen LogP contribution is -2.49. The largest absolute Gasteiger partial charge is 0.496 e. The van der Waals surface area contributed by atoms with Crippen LogP contribution in [0.4, 0.5) is 0 Å². The number of methoxy groups -OCH3 is 2. The van der Waals surface area contributed by atoms with Gasteiger partial charge in [0.1, 0.15) is 23.3 Å². The third kappa shape index (κ3) is 6.67. The Morgan fingerprint density at radius 3 is 2.16 bits per heavy atom. The van der Waals surface area contributed by atoms with E-state index in [2.05, 4.69) is 5.32 Å². The van der Waals surface area contributed by atoms with E-state index in [1.165, 1.54) is 26.2 Å². The van der Waals surface area contributed by atoms with Gasteiger partial charge in [-0.1, -0.05) is 36.2 Å². The lowest BCUT2D eigenvalue weighted by atomic mass is 10.1. The molecule has 7 nitrogen and oxygen atoms in total. The molecule has 0 saturated carbocycles. The van der Waals surface area contributed by atoms with Crippen molar-refractivity contribution in [3.05, 3.63) is 52.0 Å². The first-order valence-corrected chi connectivity index (χ1v) is 10.4. The van der Waals surface area contributed by atoms with Gasteiger partial charge in [-0.25, -0.2) is 0 Å². The summed E-state index contributed by atoms with van der Waals surface area (Å²) in [4.78, 5) is 27.0. The van der Waals surface area contributed by atoms with Gasteiger partial charge in [-0.3, -0.25) is 9.59 Å². The Labute approximate surface area is 192 Å². The zero-order chi connectivity index (χ0) is 23.0. The number of amides is 2. The number of benzene rings is 2. The SMILES string of the molecule is CC[C@@H](C(=O)NC)N(Cc1ccc(Cl)cc1Cl)C(=O)COc1cc(OC)cc(OC)c1. The van der Waals surface area contributed by atoms with E-state index >= 15 is 0 Å². The Morgan fingerprint density at radius 1 is 1.03 bits per heavy atom. The molecular weight excluding hydrogens is 443 g/mol. The summed E-state index contributed by atoms with van der Waals surface area (Å²) in [6.07, 6.45) is 0.420. The van der Waals surface area contributed by atoms with Crippen LogP contribution in [0.15, 0.2) is 36.4 Å². The molecule has 9 heteroatoms. The number of nitrogens with one attached hydrogen (secondary N) is 1. The summed E-state index contributed by atoms with van der Waals surface area (Å²) in [5.74, 6) is 0.820. The molecule has 1 atom stereocenters. The molecule has 2 aromatic rings. The second-order valence-electron chi connectivity index (χ2n) is 6.63. The van der Waals surface area contributed by atoms with Gasteiger partial charge in [-0.05, 0) is 24.1 Å². The molecule has 0 unspecified atom stereocenters. The number of carbonyl (C=O) groups is 2. The highest BCUT2D eigenvalue weighted by molar-refractivity contribution is 6.35. The number of nitrogens with zero attached hydrogens (tertiary/aromatic N) is 1. The normalized spacial score (nSPS) is 11.4. The lowest BCUT2D eigenvalue weighted by Gasteiger charge is -2.30. The van der Waals surface area contributed by atoms with E-state index in [-0.39, 0.29) is 25.0 Å². The average Bonchev–Trinajstić information content (AvgIpc) is 2.78. The molecule has 168 valence electrons. The molecular formula is C22H26Cl2N2O5. The van der Waals surface area contributed by atoms with Crippen molar-refractivity contribution in [3.63, 3.8) is 0 Å². The van der Waals surface area contributed by atoms with Crippen molar-refractivity contribution in [1.29, 1.82) is 0 Å². The van der Waals surface area contributed by atoms with Crippen LogP contribution in [0, 0.1) is 0 Å². The monoisotopic (exact) mass is 468 g/mol. The molecule has 0 spiro atoms. The summed E-state index contributed by atoms with van der Waals surface area (Å²) < 4.78 is 16.1. The molecule has 0 radical (unpaired) electrons. The summed E-state index contributed by atoms with van der Waals surface area (Å²) in [6, 6.07) is 9.31. The van der Waals surface area contributed by atoms with Gasteiger partial charge in [-0.15, -0.1) is 0 Å². The topological polar surface area (TPSA) is 77.1 Å². The minimum Gasteiger partial charge on any atom is -0.496 e. The summed E-state index contributed by atoms with van der Waals surface area (Å²) in [6.45, 7) is 1.68. The van der Waals surface area contributed by atoms with Crippen LogP contribution in [-0.4, -0.2) is 50.6 Å². The average molecular weight is 469 g/mol. The van der Waals surface area contributed by atoms with Crippen molar-refractivity contribution >= 4 is 35.0 Å². The number of hydrogen-bond donors (Lipinski definition) is 1. The fraction of sp³-hybridized carbons (Fsp3) is 0.364. The molecule has 0 fully saturated rings. The van der Waals surface area contributed by atoms with E-state index in [0.29, 0.717) is 39.3 Å².